The fourth-order valence-corrected chi connectivity index (χ4v) is 4.74. The van der Waals surface area contributed by atoms with Crippen LogP contribution in [0.25, 0.3) is 0 Å². The lowest BCUT2D eigenvalue weighted by Crippen LogP contribution is -2.60. The van der Waals surface area contributed by atoms with Gasteiger partial charge in [0, 0.05) is 35.6 Å². The summed E-state index contributed by atoms with van der Waals surface area (Å²) in [6, 6.07) is 6.44. The molecule has 0 bridgehead atoms. The molecule has 1 unspecified atom stereocenters. The highest BCUT2D eigenvalue weighted by atomic mass is 16.6. The maximum absolute atomic E-state index is 12.5. The van der Waals surface area contributed by atoms with E-state index in [4.69, 9.17) is 4.74 Å². The SMILES string of the molecule is CC.CC.CC.CNC1CCCc2ccc(NC(=O)OC3CC(C)(C)N(O)C(C)(C)C3)cc21. The van der Waals surface area contributed by atoms with E-state index < -0.39 is 17.2 Å². The molecule has 1 aromatic carbocycles. The molecule has 2 aliphatic rings. The Balaban J connectivity index is 0.00000158. The number of aryl methyl sites for hydroxylation is 1. The molecule has 1 aliphatic carbocycles. The molecular formula is C27H51N3O3. The lowest BCUT2D eigenvalue weighted by Gasteiger charge is -2.50. The van der Waals surface area contributed by atoms with Crippen LogP contribution in [0, 0.1) is 0 Å². The molecule has 3 rings (SSSR count). The van der Waals surface area contributed by atoms with Gasteiger partial charge in [-0.3, -0.25) is 5.32 Å². The largest absolute Gasteiger partial charge is 0.446 e. The Kier molecular flexibility index (Phi) is 13.9. The number of carbonyl (C=O) groups is 1. The standard InChI is InChI=1S/C21H33N3O3.3C2H6/c1-20(2)12-16(13-21(3,4)24(20)26)27-19(25)23-15-10-9-14-7-6-8-18(22-5)17(14)11-15;3*1-2/h9-11,16,18,22,26H,6-8,12-13H2,1-5H3,(H,23,25);3*1-2H3. The number of benzene rings is 1. The summed E-state index contributed by atoms with van der Waals surface area (Å²) in [4.78, 5) is 12.5. The summed E-state index contributed by atoms with van der Waals surface area (Å²) in [5.41, 5.74) is 2.48. The third-order valence-corrected chi connectivity index (χ3v) is 5.93. The molecule has 0 spiro atoms. The van der Waals surface area contributed by atoms with E-state index in [0.29, 0.717) is 18.9 Å². The summed E-state index contributed by atoms with van der Waals surface area (Å²) in [6.07, 6.45) is 3.89. The second-order valence-corrected chi connectivity index (χ2v) is 9.14. The first kappa shape index (κ1) is 31.4. The zero-order valence-corrected chi connectivity index (χ0v) is 23.1. The monoisotopic (exact) mass is 465 g/mol. The van der Waals surface area contributed by atoms with Gasteiger partial charge in [0.1, 0.15) is 6.10 Å². The van der Waals surface area contributed by atoms with Crippen LogP contribution in [0.4, 0.5) is 10.5 Å². The van der Waals surface area contributed by atoms with Crippen LogP contribution < -0.4 is 10.6 Å². The van der Waals surface area contributed by atoms with Gasteiger partial charge in [0.15, 0.2) is 0 Å². The van der Waals surface area contributed by atoms with Crippen LogP contribution in [-0.4, -0.2) is 40.6 Å². The number of hydroxylamine groups is 2. The summed E-state index contributed by atoms with van der Waals surface area (Å²) in [5.74, 6) is 0. The molecule has 1 heterocycles. The highest BCUT2D eigenvalue weighted by molar-refractivity contribution is 5.85. The molecule has 33 heavy (non-hydrogen) atoms. The molecule has 192 valence electrons. The molecule has 6 nitrogen and oxygen atoms in total. The van der Waals surface area contributed by atoms with Gasteiger partial charge < -0.3 is 15.3 Å². The van der Waals surface area contributed by atoms with Crippen molar-refractivity contribution in [3.8, 4) is 0 Å². The van der Waals surface area contributed by atoms with Gasteiger partial charge >= 0.3 is 6.09 Å². The summed E-state index contributed by atoms with van der Waals surface area (Å²) >= 11 is 0. The number of fused-ring (bicyclic) bond motifs is 1. The maximum atomic E-state index is 12.5. The molecule has 1 amide bonds. The Morgan fingerprint density at radius 1 is 1.03 bits per heavy atom. The molecule has 1 atom stereocenters. The van der Waals surface area contributed by atoms with Crippen LogP contribution >= 0.6 is 0 Å². The van der Waals surface area contributed by atoms with E-state index in [1.807, 2.05) is 82.4 Å². The second kappa shape index (κ2) is 14.6. The number of hydrogen-bond donors (Lipinski definition) is 3. The summed E-state index contributed by atoms with van der Waals surface area (Å²) in [7, 11) is 1.98. The lowest BCUT2D eigenvalue weighted by molar-refractivity contribution is -0.256. The second-order valence-electron chi connectivity index (χ2n) is 9.14. The molecule has 1 aromatic rings. The van der Waals surface area contributed by atoms with E-state index in [2.05, 4.69) is 22.8 Å². The summed E-state index contributed by atoms with van der Waals surface area (Å²) < 4.78 is 5.71. The number of piperidine rings is 1. The summed E-state index contributed by atoms with van der Waals surface area (Å²) in [5, 5.41) is 18.0. The molecule has 0 saturated carbocycles. The molecule has 1 aliphatic heterocycles. The number of rotatable bonds is 3. The van der Waals surface area contributed by atoms with Gasteiger partial charge in [-0.05, 0) is 77.3 Å². The number of nitrogens with one attached hydrogen (secondary N) is 2. The molecule has 0 radical (unpaired) electrons. The van der Waals surface area contributed by atoms with Gasteiger partial charge in [-0.1, -0.05) is 47.6 Å². The number of anilines is 1. The average molecular weight is 466 g/mol. The van der Waals surface area contributed by atoms with Crippen molar-refractivity contribution in [3.05, 3.63) is 29.3 Å². The quantitative estimate of drug-likeness (QED) is 0.436. The first-order valence-electron chi connectivity index (χ1n) is 12.9. The highest BCUT2D eigenvalue weighted by Crippen LogP contribution is 2.38. The van der Waals surface area contributed by atoms with E-state index in [0.717, 1.165) is 18.5 Å². The molecule has 1 fully saturated rings. The van der Waals surface area contributed by atoms with Gasteiger partial charge in [0.2, 0.25) is 0 Å². The molecule has 1 saturated heterocycles. The van der Waals surface area contributed by atoms with Gasteiger partial charge in [-0.15, -0.1) is 0 Å². The maximum Gasteiger partial charge on any atom is 0.411 e. The van der Waals surface area contributed by atoms with Crippen molar-refractivity contribution < 1.29 is 14.7 Å². The zero-order chi connectivity index (χ0) is 25.8. The average Bonchev–Trinajstić information content (AvgIpc) is 2.80. The molecule has 0 aromatic heterocycles. The van der Waals surface area contributed by atoms with E-state index >= 15 is 0 Å². The Morgan fingerprint density at radius 3 is 2.09 bits per heavy atom. The number of ether oxygens (including phenoxy) is 1. The van der Waals surface area contributed by atoms with E-state index in [-0.39, 0.29) is 6.10 Å². The Labute approximate surface area is 203 Å². The molecule has 3 N–H and O–H groups in total. The number of amides is 1. The van der Waals surface area contributed by atoms with Crippen LogP contribution in [0.2, 0.25) is 0 Å². The van der Waals surface area contributed by atoms with Crippen LogP contribution in [0.5, 0.6) is 0 Å². The van der Waals surface area contributed by atoms with Crippen LogP contribution in [-0.2, 0) is 11.2 Å². The first-order chi connectivity index (χ1) is 15.6. The Bertz CT molecular complexity index is 686. The predicted molar refractivity (Wildman–Crippen MR) is 140 cm³/mol. The van der Waals surface area contributed by atoms with Crippen molar-refractivity contribution in [1.82, 2.24) is 10.4 Å². The van der Waals surface area contributed by atoms with Crippen molar-refractivity contribution >= 4 is 11.8 Å². The predicted octanol–water partition coefficient (Wildman–Crippen LogP) is 7.32. The minimum absolute atomic E-state index is 0.235. The van der Waals surface area contributed by atoms with E-state index in [1.54, 1.807) is 0 Å². The van der Waals surface area contributed by atoms with Crippen LogP contribution in [0.3, 0.4) is 0 Å². The van der Waals surface area contributed by atoms with E-state index in [9.17, 15) is 10.0 Å². The lowest BCUT2D eigenvalue weighted by atomic mass is 9.80. The minimum Gasteiger partial charge on any atom is -0.446 e. The van der Waals surface area contributed by atoms with Crippen molar-refractivity contribution in [2.24, 2.45) is 0 Å². The fourth-order valence-electron chi connectivity index (χ4n) is 4.74. The van der Waals surface area contributed by atoms with Gasteiger partial charge in [0.05, 0.1) is 0 Å². The van der Waals surface area contributed by atoms with Crippen molar-refractivity contribution in [2.75, 3.05) is 12.4 Å². The normalized spacial score (nSPS) is 20.9. The van der Waals surface area contributed by atoms with E-state index in [1.165, 1.54) is 22.6 Å². The topological polar surface area (TPSA) is 73.8 Å². The van der Waals surface area contributed by atoms with Crippen molar-refractivity contribution in [1.29, 1.82) is 0 Å². The number of nitrogens with zero attached hydrogens (tertiary/aromatic N) is 1. The fraction of sp³-hybridized carbons (Fsp3) is 0.741. The molecular weight excluding hydrogens is 414 g/mol. The number of carbonyl (C=O) groups excluding carboxylic acids is 1. The van der Waals surface area contributed by atoms with Crippen molar-refractivity contribution in [3.63, 3.8) is 0 Å². The smallest absolute Gasteiger partial charge is 0.411 e. The Morgan fingerprint density at radius 2 is 1.58 bits per heavy atom. The van der Waals surface area contributed by atoms with Gasteiger partial charge in [-0.25, -0.2) is 4.79 Å². The van der Waals surface area contributed by atoms with Crippen molar-refractivity contribution in [2.45, 2.75) is 125 Å². The van der Waals surface area contributed by atoms with Crippen LogP contribution in [0.1, 0.15) is 112 Å². The third kappa shape index (κ3) is 8.58. The first-order valence-corrected chi connectivity index (χ1v) is 12.9. The number of hydrogen-bond acceptors (Lipinski definition) is 5. The van der Waals surface area contributed by atoms with Gasteiger partial charge in [0.25, 0.3) is 0 Å². The van der Waals surface area contributed by atoms with Gasteiger partial charge in [-0.2, -0.15) is 5.06 Å². The molecule has 6 heteroatoms. The summed E-state index contributed by atoms with van der Waals surface area (Å²) in [6.45, 7) is 19.8. The third-order valence-electron chi connectivity index (χ3n) is 5.93. The van der Waals surface area contributed by atoms with Crippen LogP contribution in [0.15, 0.2) is 18.2 Å². The Hall–Kier alpha value is -1.63. The zero-order valence-electron chi connectivity index (χ0n) is 23.1. The highest BCUT2D eigenvalue weighted by Gasteiger charge is 2.46. The minimum atomic E-state index is -0.446.